The number of aliphatic hydroxyl groups excluding tert-OH is 2. The summed E-state index contributed by atoms with van der Waals surface area (Å²) in [7, 11) is 2.40. The van der Waals surface area contributed by atoms with Gasteiger partial charge in [-0.1, -0.05) is 0 Å². The fraction of sp³-hybridized carbons (Fsp3) is 0.455. The van der Waals surface area contributed by atoms with Crippen LogP contribution in [0.5, 0.6) is 5.88 Å². The first-order valence-electron chi connectivity index (χ1n) is 5.52. The maximum Gasteiger partial charge on any atom is 0.308 e. The molecular weight excluding hydrogens is 272 g/mol. The highest BCUT2D eigenvalue weighted by atomic mass is 16.6. The minimum absolute atomic E-state index is 0.0768. The lowest BCUT2D eigenvalue weighted by atomic mass is 10.0. The molecule has 0 amide bonds. The molecule has 1 aromatic heterocycles. The molecule has 2 atom stereocenters. The van der Waals surface area contributed by atoms with Gasteiger partial charge in [-0.2, -0.15) is 0 Å². The van der Waals surface area contributed by atoms with Crippen molar-refractivity contribution in [2.24, 2.45) is 0 Å². The van der Waals surface area contributed by atoms with Crippen molar-refractivity contribution in [3.8, 4) is 5.88 Å². The van der Waals surface area contributed by atoms with E-state index < -0.39 is 29.5 Å². The first kappa shape index (κ1) is 15.8. The SMILES string of the molecule is COC(=O)CC(O)C(O)c1cc([N+](=O)[O-])cnc1OC. The van der Waals surface area contributed by atoms with Gasteiger partial charge in [-0.3, -0.25) is 14.9 Å². The number of nitro groups is 1. The predicted octanol–water partition coefficient (Wildman–Crippen LogP) is -0.0442. The minimum atomic E-state index is -1.57. The average Bonchev–Trinajstić information content (AvgIpc) is 2.45. The number of esters is 1. The molecule has 0 aromatic carbocycles. The van der Waals surface area contributed by atoms with Crippen molar-refractivity contribution in [3.05, 3.63) is 27.9 Å². The van der Waals surface area contributed by atoms with E-state index in [1.165, 1.54) is 7.11 Å². The summed E-state index contributed by atoms with van der Waals surface area (Å²) in [6.45, 7) is 0. The third-order valence-corrected chi connectivity index (χ3v) is 2.56. The third-order valence-electron chi connectivity index (χ3n) is 2.56. The Labute approximate surface area is 113 Å². The van der Waals surface area contributed by atoms with Gasteiger partial charge < -0.3 is 19.7 Å². The van der Waals surface area contributed by atoms with Crippen molar-refractivity contribution in [2.75, 3.05) is 14.2 Å². The Balaban J connectivity index is 3.05. The fourth-order valence-electron chi connectivity index (χ4n) is 1.51. The second-order valence-electron chi connectivity index (χ2n) is 3.84. The Bertz CT molecular complexity index is 506. The fourth-order valence-corrected chi connectivity index (χ4v) is 1.51. The number of ether oxygens (including phenoxy) is 2. The van der Waals surface area contributed by atoms with Gasteiger partial charge in [-0.05, 0) is 0 Å². The van der Waals surface area contributed by atoms with E-state index in [9.17, 15) is 25.1 Å². The van der Waals surface area contributed by atoms with Crippen LogP contribution in [-0.2, 0) is 9.53 Å². The normalized spacial score (nSPS) is 13.4. The lowest BCUT2D eigenvalue weighted by Crippen LogP contribution is -2.23. The zero-order chi connectivity index (χ0) is 15.3. The Morgan fingerprint density at radius 3 is 2.65 bits per heavy atom. The van der Waals surface area contributed by atoms with Crippen molar-refractivity contribution < 1.29 is 29.4 Å². The van der Waals surface area contributed by atoms with Gasteiger partial charge in [0, 0.05) is 6.07 Å². The van der Waals surface area contributed by atoms with Crippen LogP contribution in [-0.4, -0.2) is 46.4 Å². The molecule has 0 aliphatic heterocycles. The molecule has 0 spiro atoms. The van der Waals surface area contributed by atoms with Gasteiger partial charge >= 0.3 is 5.97 Å². The molecule has 20 heavy (non-hydrogen) atoms. The maximum absolute atomic E-state index is 11.0. The number of nitrogens with zero attached hydrogens (tertiary/aromatic N) is 2. The van der Waals surface area contributed by atoms with E-state index in [4.69, 9.17) is 4.74 Å². The number of hydrogen-bond donors (Lipinski definition) is 2. The summed E-state index contributed by atoms with van der Waals surface area (Å²) in [5, 5.41) is 30.3. The van der Waals surface area contributed by atoms with Crippen LogP contribution in [0.15, 0.2) is 12.3 Å². The van der Waals surface area contributed by atoms with Crippen LogP contribution >= 0.6 is 0 Å². The Morgan fingerprint density at radius 2 is 2.15 bits per heavy atom. The highest BCUT2D eigenvalue weighted by Crippen LogP contribution is 2.29. The van der Waals surface area contributed by atoms with E-state index in [2.05, 4.69) is 9.72 Å². The lowest BCUT2D eigenvalue weighted by Gasteiger charge is -2.18. The highest BCUT2D eigenvalue weighted by Gasteiger charge is 2.27. The summed E-state index contributed by atoms with van der Waals surface area (Å²) >= 11 is 0. The second kappa shape index (κ2) is 6.78. The van der Waals surface area contributed by atoms with Gasteiger partial charge in [0.25, 0.3) is 5.69 Å². The maximum atomic E-state index is 11.0. The summed E-state index contributed by atoms with van der Waals surface area (Å²) in [6.07, 6.45) is -2.58. The van der Waals surface area contributed by atoms with Crippen LogP contribution in [0.1, 0.15) is 18.1 Å². The van der Waals surface area contributed by atoms with Gasteiger partial charge in [-0.15, -0.1) is 0 Å². The Morgan fingerprint density at radius 1 is 1.50 bits per heavy atom. The summed E-state index contributed by atoms with van der Waals surface area (Å²) in [4.78, 5) is 24.7. The van der Waals surface area contributed by atoms with Crippen LogP contribution < -0.4 is 4.74 Å². The van der Waals surface area contributed by atoms with Crippen molar-refractivity contribution in [1.29, 1.82) is 0 Å². The topological polar surface area (TPSA) is 132 Å². The van der Waals surface area contributed by atoms with Crippen molar-refractivity contribution in [3.63, 3.8) is 0 Å². The molecule has 1 rings (SSSR count). The van der Waals surface area contributed by atoms with E-state index in [1.807, 2.05) is 0 Å². The second-order valence-corrected chi connectivity index (χ2v) is 3.84. The summed E-state index contributed by atoms with van der Waals surface area (Å²) in [5.74, 6) is -0.805. The summed E-state index contributed by atoms with van der Waals surface area (Å²) in [6, 6.07) is 1.02. The third kappa shape index (κ3) is 3.62. The van der Waals surface area contributed by atoms with Gasteiger partial charge in [0.1, 0.15) is 12.3 Å². The van der Waals surface area contributed by atoms with E-state index in [1.54, 1.807) is 0 Å². The molecule has 0 saturated heterocycles. The Hall–Kier alpha value is -2.26. The number of carbonyl (C=O) groups is 1. The molecule has 9 nitrogen and oxygen atoms in total. The van der Waals surface area contributed by atoms with Gasteiger partial charge in [-0.25, -0.2) is 4.98 Å². The lowest BCUT2D eigenvalue weighted by molar-refractivity contribution is -0.385. The van der Waals surface area contributed by atoms with E-state index in [0.29, 0.717) is 0 Å². The molecule has 110 valence electrons. The van der Waals surface area contributed by atoms with Crippen LogP contribution in [0.2, 0.25) is 0 Å². The number of carbonyl (C=O) groups excluding carboxylic acids is 1. The molecular formula is C11H14N2O7. The Kier molecular flexibility index (Phi) is 5.35. The van der Waals surface area contributed by atoms with E-state index in [-0.39, 0.29) is 17.1 Å². The zero-order valence-electron chi connectivity index (χ0n) is 10.8. The number of pyridine rings is 1. The van der Waals surface area contributed by atoms with Crippen LogP contribution in [0, 0.1) is 10.1 Å². The molecule has 0 fully saturated rings. The van der Waals surface area contributed by atoms with Gasteiger partial charge in [0.05, 0.1) is 37.2 Å². The molecule has 0 aliphatic carbocycles. The highest BCUT2D eigenvalue weighted by molar-refractivity contribution is 5.69. The zero-order valence-corrected chi connectivity index (χ0v) is 10.8. The summed E-state index contributed by atoms with van der Waals surface area (Å²) < 4.78 is 9.22. The molecule has 0 saturated carbocycles. The van der Waals surface area contributed by atoms with Crippen LogP contribution in [0.25, 0.3) is 0 Å². The smallest absolute Gasteiger partial charge is 0.308 e. The minimum Gasteiger partial charge on any atom is -0.481 e. The van der Waals surface area contributed by atoms with Gasteiger partial charge in [0.2, 0.25) is 5.88 Å². The van der Waals surface area contributed by atoms with Crippen molar-refractivity contribution in [2.45, 2.75) is 18.6 Å². The molecule has 1 aromatic rings. The van der Waals surface area contributed by atoms with Crippen LogP contribution in [0.3, 0.4) is 0 Å². The number of aromatic nitrogens is 1. The van der Waals surface area contributed by atoms with Crippen LogP contribution in [0.4, 0.5) is 5.69 Å². The average molecular weight is 286 g/mol. The number of rotatable bonds is 6. The van der Waals surface area contributed by atoms with E-state index >= 15 is 0 Å². The number of hydrogen-bond acceptors (Lipinski definition) is 8. The largest absolute Gasteiger partial charge is 0.481 e. The summed E-state index contributed by atoms with van der Waals surface area (Å²) in [5.41, 5.74) is -0.455. The van der Waals surface area contributed by atoms with Crippen molar-refractivity contribution >= 4 is 11.7 Å². The quantitative estimate of drug-likeness (QED) is 0.423. The standard InChI is InChI=1S/C11H14N2O7/c1-19-9(15)4-8(14)10(16)7-3-6(13(17)18)5-12-11(7)20-2/h3,5,8,10,14,16H,4H2,1-2H3. The molecule has 0 bridgehead atoms. The van der Waals surface area contributed by atoms with Crippen molar-refractivity contribution in [1.82, 2.24) is 4.98 Å². The molecule has 2 N–H and O–H groups in total. The molecule has 0 radical (unpaired) electrons. The molecule has 0 aliphatic rings. The predicted molar refractivity (Wildman–Crippen MR) is 65.0 cm³/mol. The number of aliphatic hydroxyl groups is 2. The first-order valence-corrected chi connectivity index (χ1v) is 5.52. The monoisotopic (exact) mass is 286 g/mol. The molecule has 9 heteroatoms. The first-order chi connectivity index (χ1) is 9.40. The molecule has 1 heterocycles. The van der Waals surface area contributed by atoms with E-state index in [0.717, 1.165) is 19.4 Å². The van der Waals surface area contributed by atoms with Gasteiger partial charge in [0.15, 0.2) is 0 Å². The molecule has 2 unspecified atom stereocenters. The number of methoxy groups -OCH3 is 2.